The van der Waals surface area contributed by atoms with Crippen LogP contribution in [0, 0.1) is 11.8 Å². The second kappa shape index (κ2) is 13.6. The first-order chi connectivity index (χ1) is 19.4. The highest BCUT2D eigenvalue weighted by atomic mass is 16.6. The van der Waals surface area contributed by atoms with Gasteiger partial charge in [-0.2, -0.15) is 0 Å². The molecule has 8 nitrogen and oxygen atoms in total. The number of aliphatic hydroxyl groups is 1. The van der Waals surface area contributed by atoms with Gasteiger partial charge in [-0.3, -0.25) is 14.4 Å². The van der Waals surface area contributed by atoms with Crippen molar-refractivity contribution in [3.05, 3.63) is 61.2 Å². The third-order valence-electron chi connectivity index (χ3n) is 8.65. The van der Waals surface area contributed by atoms with Crippen molar-refractivity contribution in [1.29, 1.82) is 0 Å². The van der Waals surface area contributed by atoms with E-state index in [9.17, 15) is 19.5 Å². The summed E-state index contributed by atoms with van der Waals surface area (Å²) in [5.74, 6) is -2.56. The summed E-state index contributed by atoms with van der Waals surface area (Å²) in [6.07, 6.45) is 8.68. The predicted molar refractivity (Wildman–Crippen MR) is 152 cm³/mol. The largest absolute Gasteiger partial charge is 0.465 e. The van der Waals surface area contributed by atoms with E-state index in [1.54, 1.807) is 22.0 Å². The average molecular weight is 553 g/mol. The van der Waals surface area contributed by atoms with Crippen molar-refractivity contribution in [2.75, 3.05) is 26.3 Å². The van der Waals surface area contributed by atoms with E-state index in [1.165, 1.54) is 0 Å². The first kappa shape index (κ1) is 30.0. The number of carbonyl (C=O) groups excluding carboxylic acids is 3. The Balaban J connectivity index is 1.70. The van der Waals surface area contributed by atoms with E-state index >= 15 is 0 Å². The molecule has 3 aliphatic rings. The van der Waals surface area contributed by atoms with Crippen LogP contribution in [-0.2, 0) is 30.3 Å². The van der Waals surface area contributed by atoms with E-state index in [0.29, 0.717) is 38.8 Å². The third kappa shape index (κ3) is 5.75. The van der Waals surface area contributed by atoms with Crippen molar-refractivity contribution in [2.24, 2.45) is 11.8 Å². The summed E-state index contributed by atoms with van der Waals surface area (Å²) in [4.78, 5) is 45.4. The fourth-order valence-corrected chi connectivity index (χ4v) is 6.84. The van der Waals surface area contributed by atoms with Crippen LogP contribution in [0.5, 0.6) is 0 Å². The molecule has 218 valence electrons. The minimum absolute atomic E-state index is 0.209. The highest BCUT2D eigenvalue weighted by molar-refractivity contribution is 5.98. The normalized spacial score (nSPS) is 27.4. The number of esters is 1. The summed E-state index contributed by atoms with van der Waals surface area (Å²) in [5, 5.41) is 10.6. The lowest BCUT2D eigenvalue weighted by molar-refractivity contribution is -0.156. The smallest absolute Gasteiger partial charge is 0.312 e. The van der Waals surface area contributed by atoms with E-state index in [0.717, 1.165) is 31.2 Å². The number of allylic oxidation sites excluding steroid dienone is 1. The zero-order valence-electron chi connectivity index (χ0n) is 23.7. The van der Waals surface area contributed by atoms with Crippen LogP contribution in [-0.4, -0.2) is 82.8 Å². The maximum Gasteiger partial charge on any atom is 0.312 e. The highest BCUT2D eigenvalue weighted by Crippen LogP contribution is 2.59. The zero-order chi connectivity index (χ0) is 28.7. The number of ether oxygens (including phenoxy) is 2. The number of likely N-dealkylation sites (tertiary alicyclic amines) is 1. The molecule has 0 radical (unpaired) electrons. The summed E-state index contributed by atoms with van der Waals surface area (Å²) in [5.41, 5.74) is -0.179. The van der Waals surface area contributed by atoms with Gasteiger partial charge >= 0.3 is 5.97 Å². The number of aliphatic hydroxyl groups excluding tert-OH is 1. The molecule has 1 aromatic carbocycles. The van der Waals surface area contributed by atoms with E-state index in [4.69, 9.17) is 9.47 Å². The Morgan fingerprint density at radius 2 is 2.00 bits per heavy atom. The van der Waals surface area contributed by atoms with Gasteiger partial charge in [-0.05, 0) is 44.1 Å². The molecule has 1 N–H and O–H groups in total. The van der Waals surface area contributed by atoms with Gasteiger partial charge < -0.3 is 24.4 Å². The molecular formula is C32H44N2O6. The van der Waals surface area contributed by atoms with Gasteiger partial charge in [0.1, 0.15) is 11.6 Å². The maximum absolute atomic E-state index is 14.4. The Morgan fingerprint density at radius 1 is 1.23 bits per heavy atom. The van der Waals surface area contributed by atoms with E-state index in [2.05, 4.69) is 20.1 Å². The molecule has 2 bridgehead atoms. The van der Waals surface area contributed by atoms with Crippen molar-refractivity contribution in [1.82, 2.24) is 9.80 Å². The van der Waals surface area contributed by atoms with Gasteiger partial charge in [0, 0.05) is 13.1 Å². The molecule has 3 aliphatic heterocycles. The number of fused-ring (bicyclic) bond motifs is 1. The van der Waals surface area contributed by atoms with E-state index in [1.807, 2.05) is 30.3 Å². The van der Waals surface area contributed by atoms with Crippen molar-refractivity contribution >= 4 is 17.8 Å². The van der Waals surface area contributed by atoms with E-state index in [-0.39, 0.29) is 25.0 Å². The molecule has 3 fully saturated rings. The second-order valence-corrected chi connectivity index (χ2v) is 11.2. The van der Waals surface area contributed by atoms with Crippen LogP contribution in [0.1, 0.15) is 57.4 Å². The minimum atomic E-state index is -1.13. The first-order valence-electron chi connectivity index (χ1n) is 14.7. The maximum atomic E-state index is 14.4. The molecule has 6 atom stereocenters. The average Bonchev–Trinajstić information content (AvgIpc) is 3.61. The number of rotatable bonds is 16. The molecule has 40 heavy (non-hydrogen) atoms. The molecule has 0 aromatic heterocycles. The molecule has 2 unspecified atom stereocenters. The lowest BCUT2D eigenvalue weighted by Crippen LogP contribution is -2.59. The molecule has 4 rings (SSSR count). The van der Waals surface area contributed by atoms with Crippen molar-refractivity contribution in [3.8, 4) is 0 Å². The Hall–Kier alpha value is -2.97. The Labute approximate surface area is 238 Å². The van der Waals surface area contributed by atoms with E-state index < -0.39 is 41.6 Å². The third-order valence-corrected chi connectivity index (χ3v) is 8.65. The summed E-state index contributed by atoms with van der Waals surface area (Å²) in [6.45, 7) is 10.5. The van der Waals surface area contributed by atoms with Gasteiger partial charge in [0.05, 0.1) is 37.2 Å². The molecule has 1 aromatic rings. The number of benzene rings is 1. The highest BCUT2D eigenvalue weighted by Gasteiger charge is 2.75. The van der Waals surface area contributed by atoms with Crippen LogP contribution in [0.4, 0.5) is 0 Å². The van der Waals surface area contributed by atoms with Gasteiger partial charge in [0.25, 0.3) is 0 Å². The Kier molecular flexibility index (Phi) is 10.2. The van der Waals surface area contributed by atoms with Gasteiger partial charge in [-0.1, -0.05) is 62.2 Å². The van der Waals surface area contributed by atoms with Gasteiger partial charge in [0.2, 0.25) is 11.8 Å². The first-order valence-corrected chi connectivity index (χ1v) is 14.7. The quantitative estimate of drug-likeness (QED) is 0.191. The molecule has 8 heteroatoms. The monoisotopic (exact) mass is 552 g/mol. The van der Waals surface area contributed by atoms with Crippen LogP contribution in [0.3, 0.4) is 0 Å². The summed E-state index contributed by atoms with van der Waals surface area (Å²) in [7, 11) is 0. The molecule has 3 saturated heterocycles. The molecule has 1 spiro atoms. The Bertz CT molecular complexity index is 1060. The van der Waals surface area contributed by atoms with Crippen LogP contribution in [0.25, 0.3) is 0 Å². The molecule has 3 heterocycles. The second-order valence-electron chi connectivity index (χ2n) is 11.2. The van der Waals surface area contributed by atoms with Crippen LogP contribution < -0.4 is 0 Å². The number of hydrogen-bond donors (Lipinski definition) is 1. The molecule has 0 saturated carbocycles. The van der Waals surface area contributed by atoms with Crippen molar-refractivity contribution in [2.45, 2.75) is 82.1 Å². The summed E-state index contributed by atoms with van der Waals surface area (Å²) < 4.78 is 12.1. The van der Waals surface area contributed by atoms with Crippen LogP contribution >= 0.6 is 0 Å². The van der Waals surface area contributed by atoms with Crippen molar-refractivity contribution in [3.63, 3.8) is 0 Å². The van der Waals surface area contributed by atoms with Gasteiger partial charge in [-0.15, -0.1) is 13.2 Å². The lowest BCUT2D eigenvalue weighted by Gasteiger charge is -2.39. The number of hydrogen-bond acceptors (Lipinski definition) is 6. The standard InChI is InChI=1S/C32H44N2O6/c1-4-7-12-19-33(18-6-3)30(37)28-32-17-16-25(40-32)26(31(38)39-20-13-8-5-2)27(32)29(36)34(28)24(22-35)21-23-14-10-9-11-15-23/h5-6,9-11,14-15,24-28,35H,2-4,7-8,12-13,16-22H2,1H3/t24-,25-,26+,27+,28?,32?/m1/s1. The Morgan fingerprint density at radius 3 is 2.67 bits per heavy atom. The van der Waals surface area contributed by atoms with Crippen LogP contribution in [0.2, 0.25) is 0 Å². The molecule has 0 aliphatic carbocycles. The number of carbonyl (C=O) groups is 3. The topological polar surface area (TPSA) is 96.4 Å². The van der Waals surface area contributed by atoms with Gasteiger partial charge in [-0.25, -0.2) is 0 Å². The van der Waals surface area contributed by atoms with Gasteiger partial charge in [0.15, 0.2) is 0 Å². The van der Waals surface area contributed by atoms with Crippen molar-refractivity contribution < 1.29 is 29.0 Å². The summed E-state index contributed by atoms with van der Waals surface area (Å²) >= 11 is 0. The number of amides is 2. The number of unbranched alkanes of at least 4 members (excludes halogenated alkanes) is 3. The molecular weight excluding hydrogens is 508 g/mol. The minimum Gasteiger partial charge on any atom is -0.465 e. The summed E-state index contributed by atoms with van der Waals surface area (Å²) in [6, 6.07) is 8.05. The molecule has 2 amide bonds. The number of nitrogens with zero attached hydrogens (tertiary/aromatic N) is 2. The predicted octanol–water partition coefficient (Wildman–Crippen LogP) is 3.68. The fraction of sp³-hybridized carbons (Fsp3) is 0.594. The van der Waals surface area contributed by atoms with Crippen LogP contribution in [0.15, 0.2) is 55.6 Å². The lowest BCUT2D eigenvalue weighted by atomic mass is 9.70. The zero-order valence-corrected chi connectivity index (χ0v) is 23.7. The fourth-order valence-electron chi connectivity index (χ4n) is 6.84. The SMILES string of the molecule is C=CCCCOC(=O)[C@@H]1[C@H]2C(=O)N([C@@H](CO)Cc3ccccc3)C(C(=O)N(CC=C)CCCCC)C23CC[C@H]1O3.